The maximum absolute atomic E-state index is 14.0. The van der Waals surface area contributed by atoms with Gasteiger partial charge in [0.15, 0.2) is 4.80 Å². The van der Waals surface area contributed by atoms with Crippen molar-refractivity contribution in [2.75, 3.05) is 6.61 Å². The van der Waals surface area contributed by atoms with Gasteiger partial charge in [-0.1, -0.05) is 41.2 Å². The number of carbonyl (C=O) groups excluding carboxylic acids is 1. The van der Waals surface area contributed by atoms with Gasteiger partial charge < -0.3 is 9.30 Å². The van der Waals surface area contributed by atoms with Crippen LogP contribution < -0.4 is 14.9 Å². The molecule has 0 bridgehead atoms. The summed E-state index contributed by atoms with van der Waals surface area (Å²) in [6.07, 6.45) is 1.94. The summed E-state index contributed by atoms with van der Waals surface area (Å²) in [5, 5.41) is 0. The van der Waals surface area contributed by atoms with Crippen molar-refractivity contribution in [2.24, 2.45) is 4.99 Å². The van der Waals surface area contributed by atoms with Crippen molar-refractivity contribution in [2.45, 2.75) is 47.6 Å². The third-order valence-corrected chi connectivity index (χ3v) is 9.26. The van der Waals surface area contributed by atoms with Gasteiger partial charge in [0.1, 0.15) is 0 Å². The highest BCUT2D eigenvalue weighted by molar-refractivity contribution is 14.1. The first-order valence-corrected chi connectivity index (χ1v) is 14.7. The highest BCUT2D eigenvalue weighted by Gasteiger charge is 2.33. The van der Waals surface area contributed by atoms with Crippen molar-refractivity contribution in [3.8, 4) is 5.69 Å². The number of aryl methyl sites for hydroxylation is 3. The Morgan fingerprint density at radius 3 is 2.46 bits per heavy atom. The Balaban J connectivity index is 1.68. The van der Waals surface area contributed by atoms with Crippen LogP contribution in [-0.4, -0.2) is 21.7 Å². The van der Waals surface area contributed by atoms with Crippen molar-refractivity contribution < 1.29 is 9.53 Å². The largest absolute Gasteiger partial charge is 0.463 e. The van der Waals surface area contributed by atoms with E-state index >= 15 is 0 Å². The van der Waals surface area contributed by atoms with E-state index in [1.165, 1.54) is 20.5 Å². The van der Waals surface area contributed by atoms with Gasteiger partial charge in [0.05, 0.1) is 28.5 Å². The molecule has 1 aliphatic heterocycles. The van der Waals surface area contributed by atoms with E-state index in [4.69, 9.17) is 9.73 Å². The lowest BCUT2D eigenvalue weighted by Gasteiger charge is -2.24. The molecule has 1 aliphatic rings. The normalized spacial score (nSPS) is 15.4. The highest BCUT2D eigenvalue weighted by Crippen LogP contribution is 2.31. The molecule has 0 radical (unpaired) electrons. The molecule has 6 nitrogen and oxygen atoms in total. The molecule has 200 valence electrons. The number of nitrogens with zero attached hydrogens (tertiary/aromatic N) is 3. The van der Waals surface area contributed by atoms with Gasteiger partial charge in [0.25, 0.3) is 5.56 Å². The predicted molar refractivity (Wildman–Crippen MR) is 164 cm³/mol. The van der Waals surface area contributed by atoms with E-state index in [1.807, 2.05) is 37.3 Å². The maximum atomic E-state index is 14.0. The zero-order valence-electron chi connectivity index (χ0n) is 22.8. The fourth-order valence-corrected chi connectivity index (χ4v) is 6.47. The van der Waals surface area contributed by atoms with Gasteiger partial charge >= 0.3 is 5.97 Å². The zero-order chi connectivity index (χ0) is 28.0. The van der Waals surface area contributed by atoms with Crippen molar-refractivity contribution in [1.82, 2.24) is 9.13 Å². The quantitative estimate of drug-likeness (QED) is 0.214. The molecule has 0 unspecified atom stereocenters. The molecule has 0 spiro atoms. The van der Waals surface area contributed by atoms with E-state index in [0.717, 1.165) is 33.8 Å². The number of esters is 1. The second-order valence-electron chi connectivity index (χ2n) is 9.81. The van der Waals surface area contributed by atoms with Crippen LogP contribution in [0.4, 0.5) is 0 Å². The molecule has 3 heterocycles. The molecule has 8 heteroatoms. The number of aromatic nitrogens is 2. The standard InChI is InChI=1S/C31H30IN3O3S/c1-7-38-30(37)27-20(5)33-31-35(28(27)22-10-8-17(2)9-11-22)29(36)26(39-31)16-23-15-19(4)34(21(23)6)24-12-13-25(32)18(3)14-24/h8-16,28H,7H2,1-6H3/b26-16-/t28-/m0/s1. The topological polar surface area (TPSA) is 65.6 Å². The van der Waals surface area contributed by atoms with Gasteiger partial charge in [-0.15, -0.1) is 0 Å². The lowest BCUT2D eigenvalue weighted by atomic mass is 9.95. The molecule has 0 aliphatic carbocycles. The number of thiazole rings is 1. The smallest absolute Gasteiger partial charge is 0.338 e. The summed E-state index contributed by atoms with van der Waals surface area (Å²) >= 11 is 3.69. The Morgan fingerprint density at radius 2 is 1.79 bits per heavy atom. The first kappa shape index (κ1) is 27.3. The molecule has 0 amide bonds. The van der Waals surface area contributed by atoms with Crippen LogP contribution in [0.5, 0.6) is 0 Å². The lowest BCUT2D eigenvalue weighted by molar-refractivity contribution is -0.139. The zero-order valence-corrected chi connectivity index (χ0v) is 25.8. The van der Waals surface area contributed by atoms with Crippen LogP contribution in [0, 0.1) is 31.3 Å². The summed E-state index contributed by atoms with van der Waals surface area (Å²) < 4.78 is 11.0. The molecule has 4 aromatic rings. The Kier molecular flexibility index (Phi) is 7.52. The number of fused-ring (bicyclic) bond motifs is 1. The van der Waals surface area contributed by atoms with Crippen LogP contribution in [0.25, 0.3) is 11.8 Å². The van der Waals surface area contributed by atoms with Gasteiger partial charge in [-0.25, -0.2) is 9.79 Å². The molecule has 2 aromatic heterocycles. The summed E-state index contributed by atoms with van der Waals surface area (Å²) in [5.74, 6) is -0.449. The Hall–Kier alpha value is -3.24. The number of carbonyl (C=O) groups is 1. The maximum Gasteiger partial charge on any atom is 0.338 e. The summed E-state index contributed by atoms with van der Waals surface area (Å²) in [6, 6.07) is 15.8. The van der Waals surface area contributed by atoms with Gasteiger partial charge in [0, 0.05) is 20.6 Å². The summed E-state index contributed by atoms with van der Waals surface area (Å²) in [4.78, 5) is 32.3. The van der Waals surface area contributed by atoms with Crippen LogP contribution in [0.2, 0.25) is 0 Å². The minimum Gasteiger partial charge on any atom is -0.463 e. The number of halogens is 1. The van der Waals surface area contributed by atoms with Crippen molar-refractivity contribution in [3.05, 3.63) is 117 Å². The molecule has 0 N–H and O–H groups in total. The fraction of sp³-hybridized carbons (Fsp3) is 0.258. The third-order valence-electron chi connectivity index (χ3n) is 7.07. The van der Waals surface area contributed by atoms with Crippen molar-refractivity contribution in [1.29, 1.82) is 0 Å². The molecule has 5 rings (SSSR count). The predicted octanol–water partition coefficient (Wildman–Crippen LogP) is 5.43. The molecule has 39 heavy (non-hydrogen) atoms. The average molecular weight is 652 g/mol. The first-order chi connectivity index (χ1) is 18.6. The second kappa shape index (κ2) is 10.7. The second-order valence-corrected chi connectivity index (χ2v) is 12.0. The number of rotatable bonds is 5. The number of hydrogen-bond donors (Lipinski definition) is 0. The third kappa shape index (κ3) is 4.96. The molecular weight excluding hydrogens is 621 g/mol. The minimum absolute atomic E-state index is 0.173. The summed E-state index contributed by atoms with van der Waals surface area (Å²) in [6.45, 7) is 12.1. The van der Waals surface area contributed by atoms with E-state index in [2.05, 4.69) is 72.2 Å². The number of hydrogen-bond acceptors (Lipinski definition) is 5. The monoisotopic (exact) mass is 651 g/mol. The summed E-state index contributed by atoms with van der Waals surface area (Å²) in [7, 11) is 0. The van der Waals surface area contributed by atoms with E-state index in [1.54, 1.807) is 18.4 Å². The van der Waals surface area contributed by atoms with Gasteiger partial charge in [0.2, 0.25) is 0 Å². The molecule has 0 saturated carbocycles. The van der Waals surface area contributed by atoms with Gasteiger partial charge in [-0.2, -0.15) is 0 Å². The SMILES string of the molecule is CCOC(=O)C1=C(C)N=c2s/c(=C\c3cc(C)n(-c4ccc(I)c(C)c4)c3C)c(=O)n2[C@H]1c1ccc(C)cc1. The van der Waals surface area contributed by atoms with Crippen molar-refractivity contribution in [3.63, 3.8) is 0 Å². The van der Waals surface area contributed by atoms with E-state index < -0.39 is 12.0 Å². The van der Waals surface area contributed by atoms with Crippen LogP contribution in [-0.2, 0) is 9.53 Å². The minimum atomic E-state index is -0.606. The van der Waals surface area contributed by atoms with Crippen LogP contribution in [0.3, 0.4) is 0 Å². The Bertz CT molecular complexity index is 1820. The van der Waals surface area contributed by atoms with E-state index in [9.17, 15) is 9.59 Å². The number of benzene rings is 2. The van der Waals surface area contributed by atoms with Crippen LogP contribution in [0.1, 0.15) is 53.5 Å². The first-order valence-electron chi connectivity index (χ1n) is 12.8. The van der Waals surface area contributed by atoms with E-state index in [0.29, 0.717) is 20.6 Å². The van der Waals surface area contributed by atoms with Crippen LogP contribution in [0.15, 0.2) is 69.6 Å². The average Bonchev–Trinajstić information content (AvgIpc) is 3.35. The molecule has 2 aromatic carbocycles. The molecular formula is C31H30IN3O3S. The highest BCUT2D eigenvalue weighted by atomic mass is 127. The van der Waals surface area contributed by atoms with Gasteiger partial charge in [-0.3, -0.25) is 9.36 Å². The molecule has 1 atom stereocenters. The Labute approximate surface area is 245 Å². The van der Waals surface area contributed by atoms with Crippen molar-refractivity contribution >= 4 is 46.0 Å². The van der Waals surface area contributed by atoms with Crippen LogP contribution >= 0.6 is 33.9 Å². The lowest BCUT2D eigenvalue weighted by Crippen LogP contribution is -2.39. The van der Waals surface area contributed by atoms with E-state index in [-0.39, 0.29) is 12.2 Å². The Morgan fingerprint density at radius 1 is 1.08 bits per heavy atom. The fourth-order valence-electron chi connectivity index (χ4n) is 5.10. The molecule has 0 saturated heterocycles. The number of ether oxygens (including phenoxy) is 1. The summed E-state index contributed by atoms with van der Waals surface area (Å²) in [5.41, 5.74) is 8.17. The molecule has 0 fully saturated rings. The number of allylic oxidation sites excluding steroid dienone is 1. The van der Waals surface area contributed by atoms with Gasteiger partial charge in [-0.05, 0) is 111 Å².